The fourth-order valence-corrected chi connectivity index (χ4v) is 2.77. The first kappa shape index (κ1) is 18.5. The van der Waals surface area contributed by atoms with Crippen molar-refractivity contribution >= 4 is 22.4 Å². The van der Waals surface area contributed by atoms with E-state index in [1.54, 1.807) is 32.5 Å². The van der Waals surface area contributed by atoms with Gasteiger partial charge in [0, 0.05) is 17.8 Å². The number of anilines is 1. The highest BCUT2D eigenvalue weighted by molar-refractivity contribution is 7.19. The summed E-state index contributed by atoms with van der Waals surface area (Å²) < 4.78 is 24.2. The summed E-state index contributed by atoms with van der Waals surface area (Å²) in [5.74, 6) is 1.49. The SMILES string of the molecule is C#CC(C)/C(F)=C/C(=O)Nc1ncc(-c2cc(OC)ccc2OC)s1. The van der Waals surface area contributed by atoms with Crippen molar-refractivity contribution in [2.75, 3.05) is 19.5 Å². The molecule has 2 rings (SSSR count). The van der Waals surface area contributed by atoms with Crippen molar-refractivity contribution in [1.82, 2.24) is 4.98 Å². The van der Waals surface area contributed by atoms with Crippen molar-refractivity contribution in [3.63, 3.8) is 0 Å². The molecule has 1 unspecified atom stereocenters. The van der Waals surface area contributed by atoms with Crippen molar-refractivity contribution in [3.8, 4) is 34.3 Å². The predicted molar refractivity (Wildman–Crippen MR) is 96.5 cm³/mol. The lowest BCUT2D eigenvalue weighted by Gasteiger charge is -2.08. The molecule has 25 heavy (non-hydrogen) atoms. The summed E-state index contributed by atoms with van der Waals surface area (Å²) in [6.07, 6.45) is 7.56. The number of hydrogen-bond donors (Lipinski definition) is 1. The van der Waals surface area contributed by atoms with Crippen molar-refractivity contribution in [1.29, 1.82) is 0 Å². The molecule has 0 saturated carbocycles. The summed E-state index contributed by atoms with van der Waals surface area (Å²) in [5.41, 5.74) is 0.780. The Labute approximate surface area is 149 Å². The number of nitrogens with one attached hydrogen (secondary N) is 1. The Kier molecular flexibility index (Phi) is 6.14. The standard InChI is InChI=1S/C18H17FN2O3S/c1-5-11(2)14(19)9-17(22)21-18-20-10-16(25-18)13-8-12(23-3)6-7-15(13)24-4/h1,6-11H,2-4H3,(H,20,21,22)/b14-9-. The number of amides is 1. The number of methoxy groups -OCH3 is 2. The number of rotatable bonds is 6. The number of thiazole rings is 1. The summed E-state index contributed by atoms with van der Waals surface area (Å²) in [6.45, 7) is 1.50. The molecule has 1 aromatic heterocycles. The summed E-state index contributed by atoms with van der Waals surface area (Å²) in [5, 5.41) is 2.85. The molecule has 1 N–H and O–H groups in total. The van der Waals surface area contributed by atoms with Crippen molar-refractivity contribution < 1.29 is 18.7 Å². The second-order valence-corrected chi connectivity index (χ2v) is 6.03. The highest BCUT2D eigenvalue weighted by Crippen LogP contribution is 2.37. The second kappa shape index (κ2) is 8.31. The van der Waals surface area contributed by atoms with Crippen molar-refractivity contribution in [3.05, 3.63) is 36.3 Å². The number of ether oxygens (including phenoxy) is 2. The van der Waals surface area contributed by atoms with Crippen LogP contribution in [-0.2, 0) is 4.79 Å². The molecule has 0 spiro atoms. The zero-order valence-corrected chi connectivity index (χ0v) is 14.8. The zero-order chi connectivity index (χ0) is 18.4. The number of terminal acetylenes is 1. The summed E-state index contributed by atoms with van der Waals surface area (Å²) in [4.78, 5) is 16.7. The molecule has 0 aliphatic carbocycles. The molecule has 0 saturated heterocycles. The molecule has 0 aliphatic heterocycles. The van der Waals surface area contributed by atoms with E-state index in [-0.39, 0.29) is 0 Å². The highest BCUT2D eigenvalue weighted by Gasteiger charge is 2.13. The average molecular weight is 360 g/mol. The minimum absolute atomic E-state index is 0.335. The maximum atomic E-state index is 13.6. The Balaban J connectivity index is 2.21. The van der Waals surface area contributed by atoms with Gasteiger partial charge < -0.3 is 9.47 Å². The summed E-state index contributed by atoms with van der Waals surface area (Å²) in [7, 11) is 3.14. The van der Waals surface area contributed by atoms with E-state index in [1.165, 1.54) is 18.3 Å². The van der Waals surface area contributed by atoms with Crippen LogP contribution in [0.15, 0.2) is 36.3 Å². The average Bonchev–Trinajstić information content (AvgIpc) is 3.08. The van der Waals surface area contributed by atoms with E-state index in [2.05, 4.69) is 16.2 Å². The molecule has 0 aliphatic rings. The minimum atomic E-state index is -0.751. The van der Waals surface area contributed by atoms with E-state index in [4.69, 9.17) is 15.9 Å². The maximum Gasteiger partial charge on any atom is 0.252 e. The van der Waals surface area contributed by atoms with E-state index in [9.17, 15) is 9.18 Å². The molecule has 7 heteroatoms. The monoisotopic (exact) mass is 360 g/mol. The van der Waals surface area contributed by atoms with E-state index < -0.39 is 17.7 Å². The van der Waals surface area contributed by atoms with Gasteiger partial charge in [0.2, 0.25) is 0 Å². The van der Waals surface area contributed by atoms with Gasteiger partial charge in [-0.05, 0) is 25.1 Å². The van der Waals surface area contributed by atoms with Crippen LogP contribution in [0, 0.1) is 18.3 Å². The van der Waals surface area contributed by atoms with Crippen LogP contribution in [0.5, 0.6) is 11.5 Å². The number of benzene rings is 1. The van der Waals surface area contributed by atoms with Gasteiger partial charge in [-0.25, -0.2) is 9.37 Å². The van der Waals surface area contributed by atoms with Crippen LogP contribution in [0.3, 0.4) is 0 Å². The van der Waals surface area contributed by atoms with Gasteiger partial charge in [-0.15, -0.1) is 6.42 Å². The Morgan fingerprint density at radius 2 is 2.20 bits per heavy atom. The first-order chi connectivity index (χ1) is 12.0. The van der Waals surface area contributed by atoms with E-state index >= 15 is 0 Å². The second-order valence-electron chi connectivity index (χ2n) is 5.00. The first-order valence-corrected chi connectivity index (χ1v) is 8.12. The first-order valence-electron chi connectivity index (χ1n) is 7.31. The lowest BCUT2D eigenvalue weighted by atomic mass is 10.1. The van der Waals surface area contributed by atoms with E-state index in [1.807, 2.05) is 6.07 Å². The molecule has 5 nitrogen and oxygen atoms in total. The van der Waals surface area contributed by atoms with Gasteiger partial charge in [0.05, 0.1) is 25.0 Å². The molecular formula is C18H17FN2O3S. The van der Waals surface area contributed by atoms with Gasteiger partial charge >= 0.3 is 0 Å². The van der Waals surface area contributed by atoms with Crippen LogP contribution in [-0.4, -0.2) is 25.1 Å². The molecule has 1 amide bonds. The minimum Gasteiger partial charge on any atom is -0.497 e. The van der Waals surface area contributed by atoms with Gasteiger partial charge in [-0.3, -0.25) is 10.1 Å². The summed E-state index contributed by atoms with van der Waals surface area (Å²) in [6, 6.07) is 5.38. The molecule has 1 heterocycles. The third-order valence-corrected chi connectivity index (χ3v) is 4.29. The number of aromatic nitrogens is 1. The van der Waals surface area contributed by atoms with E-state index in [0.29, 0.717) is 16.6 Å². The molecule has 0 bridgehead atoms. The zero-order valence-electron chi connectivity index (χ0n) is 14.0. The predicted octanol–water partition coefficient (Wildman–Crippen LogP) is 3.89. The quantitative estimate of drug-likeness (QED) is 0.627. The van der Waals surface area contributed by atoms with Gasteiger partial charge in [0.15, 0.2) is 5.13 Å². The molecule has 0 fully saturated rings. The fraction of sp³-hybridized carbons (Fsp3) is 0.222. The van der Waals surface area contributed by atoms with Crippen LogP contribution in [0.1, 0.15) is 6.92 Å². The number of carbonyl (C=O) groups is 1. The Bertz CT molecular complexity index is 839. The van der Waals surface area contributed by atoms with Gasteiger partial charge in [-0.1, -0.05) is 17.3 Å². The van der Waals surface area contributed by atoms with Crippen LogP contribution in [0.25, 0.3) is 10.4 Å². The third-order valence-electron chi connectivity index (χ3n) is 3.34. The number of allylic oxidation sites excluding steroid dienone is 1. The number of hydrogen-bond acceptors (Lipinski definition) is 5. The lowest BCUT2D eigenvalue weighted by Crippen LogP contribution is -2.09. The Hall–Kier alpha value is -2.85. The van der Waals surface area contributed by atoms with Crippen LogP contribution >= 0.6 is 11.3 Å². The number of carbonyl (C=O) groups excluding carboxylic acids is 1. The third kappa shape index (κ3) is 4.58. The largest absolute Gasteiger partial charge is 0.497 e. The summed E-state index contributed by atoms with van der Waals surface area (Å²) >= 11 is 1.23. The van der Waals surface area contributed by atoms with Crippen molar-refractivity contribution in [2.45, 2.75) is 6.92 Å². The molecule has 2 aromatic rings. The van der Waals surface area contributed by atoms with Crippen molar-refractivity contribution in [2.24, 2.45) is 5.92 Å². The molecular weight excluding hydrogens is 343 g/mol. The fourth-order valence-electron chi connectivity index (χ4n) is 1.93. The van der Waals surface area contributed by atoms with Gasteiger partial charge in [0.1, 0.15) is 17.3 Å². The Morgan fingerprint density at radius 1 is 1.44 bits per heavy atom. The van der Waals surface area contributed by atoms with Gasteiger partial charge in [-0.2, -0.15) is 0 Å². The molecule has 0 radical (unpaired) electrons. The van der Waals surface area contributed by atoms with E-state index in [0.717, 1.165) is 16.5 Å². The number of nitrogens with zero attached hydrogens (tertiary/aromatic N) is 1. The maximum absolute atomic E-state index is 13.6. The Morgan fingerprint density at radius 3 is 2.84 bits per heavy atom. The lowest BCUT2D eigenvalue weighted by molar-refractivity contribution is -0.112. The van der Waals surface area contributed by atoms with Crippen LogP contribution in [0.4, 0.5) is 9.52 Å². The van der Waals surface area contributed by atoms with Gasteiger partial charge in [0.25, 0.3) is 5.91 Å². The van der Waals surface area contributed by atoms with Crippen LogP contribution in [0.2, 0.25) is 0 Å². The normalized spacial score (nSPS) is 12.2. The van der Waals surface area contributed by atoms with Crippen LogP contribution < -0.4 is 14.8 Å². The topological polar surface area (TPSA) is 60.5 Å². The highest BCUT2D eigenvalue weighted by atomic mass is 32.1. The molecule has 1 atom stereocenters. The number of halogens is 1. The smallest absolute Gasteiger partial charge is 0.252 e. The molecule has 1 aromatic carbocycles. The molecule has 130 valence electrons.